The van der Waals surface area contributed by atoms with Crippen LogP contribution in [-0.4, -0.2) is 36.9 Å². The molecule has 1 aliphatic heterocycles. The summed E-state index contributed by atoms with van der Waals surface area (Å²) in [6.07, 6.45) is 0.846. The van der Waals surface area contributed by atoms with E-state index in [1.807, 2.05) is 26.0 Å². The molecule has 0 aliphatic carbocycles. The maximum absolute atomic E-state index is 12.8. The summed E-state index contributed by atoms with van der Waals surface area (Å²) in [5, 5.41) is 3.73. The number of ether oxygens (including phenoxy) is 1. The van der Waals surface area contributed by atoms with Crippen LogP contribution in [0.15, 0.2) is 27.6 Å². The van der Waals surface area contributed by atoms with Crippen LogP contribution in [0.2, 0.25) is 0 Å². The lowest BCUT2D eigenvalue weighted by Crippen LogP contribution is -2.41. The van der Waals surface area contributed by atoms with Crippen molar-refractivity contribution in [2.75, 3.05) is 13.1 Å². The van der Waals surface area contributed by atoms with Crippen LogP contribution in [0.25, 0.3) is 0 Å². The van der Waals surface area contributed by atoms with Gasteiger partial charge in [-0.2, -0.15) is 4.31 Å². The monoisotopic (exact) mass is 392 g/mol. The fraction of sp³-hybridized carbons (Fsp3) is 0.474. The van der Waals surface area contributed by atoms with Gasteiger partial charge in [-0.3, -0.25) is 4.79 Å². The molecule has 1 saturated heterocycles. The van der Waals surface area contributed by atoms with Gasteiger partial charge in [0, 0.05) is 13.1 Å². The maximum atomic E-state index is 12.8. The molecule has 2 heterocycles. The van der Waals surface area contributed by atoms with Gasteiger partial charge in [-0.05, 0) is 52.2 Å². The molecule has 0 spiro atoms. The number of nitrogens with zero attached hydrogens (tertiary/aromatic N) is 2. The third kappa shape index (κ3) is 3.91. The van der Waals surface area contributed by atoms with E-state index in [0.29, 0.717) is 24.3 Å². The molecule has 8 heteroatoms. The Bertz CT molecular complexity index is 937. The van der Waals surface area contributed by atoms with Crippen LogP contribution >= 0.6 is 0 Å². The van der Waals surface area contributed by atoms with Gasteiger partial charge >= 0.3 is 5.97 Å². The zero-order valence-corrected chi connectivity index (χ0v) is 16.8. The van der Waals surface area contributed by atoms with Crippen LogP contribution in [0.3, 0.4) is 0 Å². The first-order valence-corrected chi connectivity index (χ1v) is 10.4. The first-order valence-electron chi connectivity index (χ1n) is 8.92. The summed E-state index contributed by atoms with van der Waals surface area (Å²) in [5.74, 6) is 0.207. The second-order valence-electron chi connectivity index (χ2n) is 7.02. The Morgan fingerprint density at radius 2 is 1.85 bits per heavy atom. The van der Waals surface area contributed by atoms with Crippen molar-refractivity contribution in [2.24, 2.45) is 5.92 Å². The summed E-state index contributed by atoms with van der Waals surface area (Å²) < 4.78 is 37.6. The lowest BCUT2D eigenvalue weighted by Gasteiger charge is -2.30. The van der Waals surface area contributed by atoms with E-state index in [4.69, 9.17) is 9.26 Å². The van der Waals surface area contributed by atoms with E-state index in [2.05, 4.69) is 5.16 Å². The standard InChI is InChI=1S/C19H24N2O5S/c1-12-5-6-17(13(2)11-12)25-19(22)16-7-9-21(10-8-16)27(23,24)18-14(3)20-26-15(18)4/h5-6,11,16H,7-10H2,1-4H3. The van der Waals surface area contributed by atoms with Gasteiger partial charge in [0.25, 0.3) is 0 Å². The van der Waals surface area contributed by atoms with E-state index >= 15 is 0 Å². The number of aromatic nitrogens is 1. The van der Waals surface area contributed by atoms with Crippen molar-refractivity contribution < 1.29 is 22.5 Å². The number of piperidine rings is 1. The number of hydrogen-bond acceptors (Lipinski definition) is 6. The summed E-state index contributed by atoms with van der Waals surface area (Å²) in [4.78, 5) is 12.6. The van der Waals surface area contributed by atoms with E-state index in [1.165, 1.54) is 4.31 Å². The third-order valence-electron chi connectivity index (χ3n) is 4.89. The Balaban J connectivity index is 1.65. The van der Waals surface area contributed by atoms with Crippen molar-refractivity contribution in [3.63, 3.8) is 0 Å². The van der Waals surface area contributed by atoms with Crippen LogP contribution in [0.1, 0.15) is 35.4 Å². The largest absolute Gasteiger partial charge is 0.426 e. The number of esters is 1. The fourth-order valence-corrected chi connectivity index (χ4v) is 5.17. The molecule has 1 aromatic heterocycles. The summed E-state index contributed by atoms with van der Waals surface area (Å²) in [5.41, 5.74) is 2.36. The number of rotatable bonds is 4. The van der Waals surface area contributed by atoms with Crippen LogP contribution < -0.4 is 4.74 Å². The molecule has 27 heavy (non-hydrogen) atoms. The van der Waals surface area contributed by atoms with E-state index in [-0.39, 0.29) is 35.6 Å². The van der Waals surface area contributed by atoms with Gasteiger partial charge in [0.15, 0.2) is 5.76 Å². The molecule has 0 amide bonds. The molecule has 0 N–H and O–H groups in total. The number of hydrogen-bond donors (Lipinski definition) is 0. The predicted octanol–water partition coefficient (Wildman–Crippen LogP) is 2.91. The highest BCUT2D eigenvalue weighted by Crippen LogP contribution is 2.29. The van der Waals surface area contributed by atoms with E-state index < -0.39 is 10.0 Å². The molecule has 0 unspecified atom stereocenters. The smallest absolute Gasteiger partial charge is 0.314 e. The van der Waals surface area contributed by atoms with Gasteiger partial charge < -0.3 is 9.26 Å². The molecule has 0 saturated carbocycles. The van der Waals surface area contributed by atoms with Crippen molar-refractivity contribution >= 4 is 16.0 Å². The number of carbonyl (C=O) groups is 1. The maximum Gasteiger partial charge on any atom is 0.314 e. The van der Waals surface area contributed by atoms with Gasteiger partial charge in [0.1, 0.15) is 16.3 Å². The summed E-state index contributed by atoms with van der Waals surface area (Å²) in [7, 11) is -3.67. The average Bonchev–Trinajstić information content (AvgIpc) is 2.96. The Kier molecular flexibility index (Phi) is 5.39. The van der Waals surface area contributed by atoms with Crippen molar-refractivity contribution in [1.29, 1.82) is 0 Å². The van der Waals surface area contributed by atoms with Crippen molar-refractivity contribution in [3.05, 3.63) is 40.8 Å². The third-order valence-corrected chi connectivity index (χ3v) is 7.04. The van der Waals surface area contributed by atoms with Crippen LogP contribution in [0, 0.1) is 33.6 Å². The highest BCUT2D eigenvalue weighted by atomic mass is 32.2. The SMILES string of the molecule is Cc1ccc(OC(=O)C2CCN(S(=O)(=O)c3c(C)noc3C)CC2)c(C)c1. The topological polar surface area (TPSA) is 89.7 Å². The zero-order chi connectivity index (χ0) is 19.8. The molecular formula is C19H24N2O5S. The highest BCUT2D eigenvalue weighted by molar-refractivity contribution is 7.89. The minimum atomic E-state index is -3.67. The van der Waals surface area contributed by atoms with E-state index in [1.54, 1.807) is 19.9 Å². The molecule has 0 radical (unpaired) electrons. The molecule has 1 aliphatic rings. The molecule has 7 nitrogen and oxygen atoms in total. The van der Waals surface area contributed by atoms with Crippen molar-refractivity contribution in [3.8, 4) is 5.75 Å². The van der Waals surface area contributed by atoms with E-state index in [9.17, 15) is 13.2 Å². The average molecular weight is 392 g/mol. The normalized spacial score (nSPS) is 16.4. The Hall–Kier alpha value is -2.19. The summed E-state index contributed by atoms with van der Waals surface area (Å²) in [6, 6.07) is 5.65. The molecule has 1 aromatic carbocycles. The van der Waals surface area contributed by atoms with Crippen LogP contribution in [0.5, 0.6) is 5.75 Å². The quantitative estimate of drug-likeness (QED) is 0.587. The Morgan fingerprint density at radius 1 is 1.19 bits per heavy atom. The van der Waals surface area contributed by atoms with Crippen LogP contribution in [-0.2, 0) is 14.8 Å². The molecule has 0 bridgehead atoms. The number of carbonyl (C=O) groups excluding carboxylic acids is 1. The second kappa shape index (κ2) is 7.44. The molecular weight excluding hydrogens is 368 g/mol. The summed E-state index contributed by atoms with van der Waals surface area (Å²) in [6.45, 7) is 7.60. The van der Waals surface area contributed by atoms with Gasteiger partial charge in [0.2, 0.25) is 10.0 Å². The molecule has 2 aromatic rings. The van der Waals surface area contributed by atoms with Crippen molar-refractivity contribution in [2.45, 2.75) is 45.4 Å². The molecule has 0 atom stereocenters. The molecule has 1 fully saturated rings. The van der Waals surface area contributed by atoms with Crippen molar-refractivity contribution in [1.82, 2.24) is 9.46 Å². The first-order chi connectivity index (χ1) is 12.7. The van der Waals surface area contributed by atoms with Gasteiger partial charge in [-0.15, -0.1) is 0 Å². The Labute approximate surface area is 159 Å². The number of aryl methyl sites for hydroxylation is 4. The highest BCUT2D eigenvalue weighted by Gasteiger charge is 2.36. The molecule has 3 rings (SSSR count). The first kappa shape index (κ1) is 19.6. The summed E-state index contributed by atoms with van der Waals surface area (Å²) >= 11 is 0. The Morgan fingerprint density at radius 3 is 2.41 bits per heavy atom. The van der Waals surface area contributed by atoms with Gasteiger partial charge in [-0.1, -0.05) is 22.9 Å². The fourth-order valence-electron chi connectivity index (χ4n) is 3.41. The zero-order valence-electron chi connectivity index (χ0n) is 16.0. The predicted molar refractivity (Wildman–Crippen MR) is 99.0 cm³/mol. The molecule has 146 valence electrons. The van der Waals surface area contributed by atoms with Gasteiger partial charge in [0.05, 0.1) is 5.92 Å². The van der Waals surface area contributed by atoms with E-state index in [0.717, 1.165) is 11.1 Å². The minimum absolute atomic E-state index is 0.124. The minimum Gasteiger partial charge on any atom is -0.426 e. The van der Waals surface area contributed by atoms with Gasteiger partial charge in [-0.25, -0.2) is 8.42 Å². The number of benzene rings is 1. The van der Waals surface area contributed by atoms with Crippen LogP contribution in [0.4, 0.5) is 0 Å². The number of sulfonamides is 1. The second-order valence-corrected chi connectivity index (χ2v) is 8.90. The lowest BCUT2D eigenvalue weighted by atomic mass is 9.98. The lowest BCUT2D eigenvalue weighted by molar-refractivity contribution is -0.140.